The minimum absolute atomic E-state index is 0.0104. The highest BCUT2D eigenvalue weighted by molar-refractivity contribution is 6.37. The van der Waals surface area contributed by atoms with Crippen molar-refractivity contribution >= 4 is 35.1 Å². The molecule has 2 saturated carbocycles. The van der Waals surface area contributed by atoms with Gasteiger partial charge >= 0.3 is 0 Å². The molecule has 2 aliphatic heterocycles. The number of hydrogen-bond donors (Lipinski definition) is 3. The van der Waals surface area contributed by atoms with Gasteiger partial charge in [0.1, 0.15) is 23.6 Å². The number of aryl methyl sites for hydroxylation is 1. The SMILES string of the molecule is COc1cc(OC)c(C2=NO[C@]3(C2)C[C@@H](C(=O)N[C@@H](CC2CC2)C(=O)C(N)=O)N(C(=O)[C@@H](NC(=O)CC2CCCCCC2)C(C)(C)C)C3)cc1C. The second-order valence-electron chi connectivity index (χ2n) is 16.1. The number of benzene rings is 1. The minimum atomic E-state index is -1.12. The van der Waals surface area contributed by atoms with Crippen LogP contribution in [-0.4, -0.2) is 84.5 Å². The van der Waals surface area contributed by atoms with Crippen LogP contribution in [0.2, 0.25) is 0 Å². The van der Waals surface area contributed by atoms with Gasteiger partial charge in [-0.05, 0) is 55.1 Å². The number of carbonyl (C=O) groups is 5. The minimum Gasteiger partial charge on any atom is -0.496 e. The molecule has 0 aromatic heterocycles. The van der Waals surface area contributed by atoms with Gasteiger partial charge in [-0.15, -0.1) is 0 Å². The molecule has 3 fully saturated rings. The third-order valence-corrected chi connectivity index (χ3v) is 10.9. The van der Waals surface area contributed by atoms with Gasteiger partial charge in [0.2, 0.25) is 23.5 Å². The average Bonchev–Trinajstić information content (AvgIpc) is 3.77. The lowest BCUT2D eigenvalue weighted by molar-refractivity contribution is -0.145. The fraction of sp³-hybridized carbons (Fsp3) is 0.684. The Kier molecular flexibility index (Phi) is 11.7. The van der Waals surface area contributed by atoms with Crippen LogP contribution in [0.3, 0.4) is 0 Å². The van der Waals surface area contributed by atoms with E-state index in [1.807, 2.05) is 33.8 Å². The zero-order valence-electron chi connectivity index (χ0n) is 31.0. The molecule has 1 saturated heterocycles. The van der Waals surface area contributed by atoms with Crippen LogP contribution in [0.15, 0.2) is 17.3 Å². The van der Waals surface area contributed by atoms with Crippen LogP contribution in [-0.2, 0) is 28.8 Å². The Morgan fingerprint density at radius 1 is 0.980 bits per heavy atom. The lowest BCUT2D eigenvalue weighted by Crippen LogP contribution is -2.59. The lowest BCUT2D eigenvalue weighted by atomic mass is 9.85. The number of nitrogens with one attached hydrogen (secondary N) is 2. The summed E-state index contributed by atoms with van der Waals surface area (Å²) in [6, 6.07) is 0.564. The topological polar surface area (TPSA) is 179 Å². The maximum absolute atomic E-state index is 14.7. The van der Waals surface area contributed by atoms with Crippen molar-refractivity contribution in [3.63, 3.8) is 0 Å². The molecule has 2 heterocycles. The Balaban J connectivity index is 1.42. The van der Waals surface area contributed by atoms with Crippen molar-refractivity contribution in [3.05, 3.63) is 23.3 Å². The first-order valence-electron chi connectivity index (χ1n) is 18.4. The molecule has 280 valence electrons. The summed E-state index contributed by atoms with van der Waals surface area (Å²) >= 11 is 0. The molecule has 51 heavy (non-hydrogen) atoms. The molecule has 4 N–H and O–H groups in total. The summed E-state index contributed by atoms with van der Waals surface area (Å²) in [5, 5.41) is 10.3. The van der Waals surface area contributed by atoms with Gasteiger partial charge in [0.05, 0.1) is 32.5 Å². The van der Waals surface area contributed by atoms with Crippen LogP contribution in [0.1, 0.15) is 109 Å². The van der Waals surface area contributed by atoms with Crippen LogP contribution in [0.25, 0.3) is 0 Å². The van der Waals surface area contributed by atoms with Gasteiger partial charge < -0.3 is 35.6 Å². The van der Waals surface area contributed by atoms with Gasteiger partial charge in [0, 0.05) is 30.9 Å². The maximum Gasteiger partial charge on any atom is 0.287 e. The molecule has 4 amide bonds. The summed E-state index contributed by atoms with van der Waals surface area (Å²) in [6.45, 7) is 7.56. The molecule has 13 heteroatoms. The summed E-state index contributed by atoms with van der Waals surface area (Å²) in [6.07, 6.45) is 9.28. The zero-order valence-corrected chi connectivity index (χ0v) is 31.0. The van der Waals surface area contributed by atoms with Crippen molar-refractivity contribution in [3.8, 4) is 11.5 Å². The predicted octanol–water partition coefficient (Wildman–Crippen LogP) is 3.71. The Morgan fingerprint density at radius 2 is 1.65 bits per heavy atom. The van der Waals surface area contributed by atoms with E-state index in [2.05, 4.69) is 15.8 Å². The summed E-state index contributed by atoms with van der Waals surface area (Å²) in [5.41, 5.74) is 5.75. The Labute approximate surface area is 300 Å². The number of methoxy groups -OCH3 is 2. The number of Topliss-reactive ketones (excluding diaryl/α,β-unsaturated/α-hetero) is 1. The molecule has 1 aromatic rings. The summed E-state index contributed by atoms with van der Waals surface area (Å²) in [4.78, 5) is 74.7. The summed E-state index contributed by atoms with van der Waals surface area (Å²) in [7, 11) is 3.14. The van der Waals surface area contributed by atoms with Gasteiger partial charge in [-0.25, -0.2) is 0 Å². The molecule has 4 atom stereocenters. The first kappa shape index (κ1) is 38.1. The smallest absolute Gasteiger partial charge is 0.287 e. The van der Waals surface area contributed by atoms with E-state index >= 15 is 0 Å². The molecule has 1 spiro atoms. The third kappa shape index (κ3) is 9.02. The molecule has 2 aliphatic carbocycles. The van der Waals surface area contributed by atoms with Crippen molar-refractivity contribution in [1.82, 2.24) is 15.5 Å². The number of ether oxygens (including phenoxy) is 2. The highest BCUT2D eigenvalue weighted by Crippen LogP contribution is 2.42. The predicted molar refractivity (Wildman–Crippen MR) is 190 cm³/mol. The molecule has 0 bridgehead atoms. The van der Waals surface area contributed by atoms with Gasteiger partial charge in [0.15, 0.2) is 5.60 Å². The fourth-order valence-corrected chi connectivity index (χ4v) is 7.78. The molecule has 5 rings (SSSR count). The van der Waals surface area contributed by atoms with Crippen molar-refractivity contribution in [1.29, 1.82) is 0 Å². The lowest BCUT2D eigenvalue weighted by Gasteiger charge is -2.36. The van der Waals surface area contributed by atoms with Crippen LogP contribution >= 0.6 is 0 Å². The molecular weight excluding hydrogens is 654 g/mol. The molecule has 13 nitrogen and oxygen atoms in total. The van der Waals surface area contributed by atoms with Gasteiger partial charge in [-0.1, -0.05) is 64.5 Å². The van der Waals surface area contributed by atoms with E-state index in [0.717, 1.165) is 44.1 Å². The van der Waals surface area contributed by atoms with Crippen LogP contribution in [0.4, 0.5) is 0 Å². The molecular formula is C38H55N5O8. The number of rotatable bonds is 13. The largest absolute Gasteiger partial charge is 0.496 e. The standard InChI is InChI=1S/C38H55N5O8/c1-22-15-25(30(50-6)18-29(22)49-5)27-19-38(51-42-27)20-28(35(47)40-26(16-24-13-14-24)32(45)34(39)46)43(21-38)36(48)33(37(2,3)4)41-31(44)17-23-11-9-7-8-10-12-23/h15,18,23-24,26,28,33H,7-14,16-17,19-21H2,1-6H3,(H2,39,46)(H,40,47)(H,41,44)/t26-,28-,33+,38+/m0/s1. The number of hydrogen-bond acceptors (Lipinski definition) is 9. The summed E-state index contributed by atoms with van der Waals surface area (Å²) < 4.78 is 11.1. The molecule has 1 aromatic carbocycles. The van der Waals surface area contributed by atoms with E-state index in [0.29, 0.717) is 35.6 Å². The van der Waals surface area contributed by atoms with E-state index < -0.39 is 52.6 Å². The second-order valence-corrected chi connectivity index (χ2v) is 16.1. The van der Waals surface area contributed by atoms with Gasteiger partial charge in [0.25, 0.3) is 5.91 Å². The Hall–Kier alpha value is -4.16. The quantitative estimate of drug-likeness (QED) is 0.205. The number of nitrogens with zero attached hydrogens (tertiary/aromatic N) is 2. The van der Waals surface area contributed by atoms with Crippen LogP contribution < -0.4 is 25.8 Å². The third-order valence-electron chi connectivity index (χ3n) is 10.9. The second kappa shape index (κ2) is 15.6. The van der Waals surface area contributed by atoms with Gasteiger partial charge in [-0.2, -0.15) is 0 Å². The highest BCUT2D eigenvalue weighted by Gasteiger charge is 2.56. The normalized spacial score (nSPS) is 23.5. The van der Waals surface area contributed by atoms with E-state index in [1.54, 1.807) is 20.3 Å². The molecule has 4 aliphatic rings. The van der Waals surface area contributed by atoms with E-state index in [1.165, 1.54) is 17.7 Å². The van der Waals surface area contributed by atoms with E-state index in [4.69, 9.17) is 20.0 Å². The van der Waals surface area contributed by atoms with Crippen molar-refractivity contribution < 1.29 is 38.3 Å². The molecule has 0 radical (unpaired) electrons. The Morgan fingerprint density at radius 3 is 2.24 bits per heavy atom. The van der Waals surface area contributed by atoms with Crippen molar-refractivity contribution in [2.45, 2.75) is 128 Å². The first-order chi connectivity index (χ1) is 24.1. The number of amides is 4. The Bertz CT molecular complexity index is 1540. The maximum atomic E-state index is 14.7. The number of primary amides is 1. The van der Waals surface area contributed by atoms with Crippen LogP contribution in [0, 0.1) is 24.2 Å². The fourth-order valence-electron chi connectivity index (χ4n) is 7.78. The van der Waals surface area contributed by atoms with Crippen molar-refractivity contribution in [2.75, 3.05) is 20.8 Å². The summed E-state index contributed by atoms with van der Waals surface area (Å²) in [5.74, 6) is -1.54. The number of oxime groups is 1. The van der Waals surface area contributed by atoms with Crippen molar-refractivity contribution in [2.24, 2.45) is 28.1 Å². The van der Waals surface area contributed by atoms with Crippen LogP contribution in [0.5, 0.6) is 11.5 Å². The van der Waals surface area contributed by atoms with E-state index in [9.17, 15) is 24.0 Å². The number of likely N-dealkylation sites (tertiary alicyclic amines) is 1. The number of carbonyl (C=O) groups excluding carboxylic acids is 5. The van der Waals surface area contributed by atoms with Gasteiger partial charge in [-0.3, -0.25) is 24.0 Å². The number of ketones is 1. The number of nitrogens with two attached hydrogens (primary N) is 1. The first-order valence-corrected chi connectivity index (χ1v) is 18.4. The molecule has 0 unspecified atom stereocenters. The average molecular weight is 710 g/mol. The highest BCUT2D eigenvalue weighted by atomic mass is 16.7. The van der Waals surface area contributed by atoms with E-state index in [-0.39, 0.29) is 37.1 Å². The monoisotopic (exact) mass is 709 g/mol. The zero-order chi connectivity index (χ0) is 37.1.